The van der Waals surface area contributed by atoms with Gasteiger partial charge in [-0.3, -0.25) is 0 Å². The maximum absolute atomic E-state index is 9.44. The highest BCUT2D eigenvalue weighted by Crippen LogP contribution is 2.33. The van der Waals surface area contributed by atoms with E-state index in [2.05, 4.69) is 5.32 Å². The Hall–Kier alpha value is -1.06. The third kappa shape index (κ3) is 2.31. The first-order valence-electron chi connectivity index (χ1n) is 6.50. The molecule has 2 unspecified atom stereocenters. The van der Waals surface area contributed by atoms with Crippen LogP contribution in [0.4, 0.5) is 0 Å². The third-order valence-electron chi connectivity index (χ3n) is 3.82. The van der Waals surface area contributed by atoms with Gasteiger partial charge in [-0.2, -0.15) is 0 Å². The normalized spacial score (nSPS) is 27.3. The first-order chi connectivity index (χ1) is 8.33. The number of rotatable bonds is 3. The molecule has 1 heterocycles. The largest absolute Gasteiger partial charge is 0.508 e. The summed E-state index contributed by atoms with van der Waals surface area (Å²) in [4.78, 5) is 0. The maximum Gasteiger partial charge on any atom is 0.115 e. The Labute approximate surface area is 102 Å². The highest BCUT2D eigenvalue weighted by Gasteiger charge is 2.24. The van der Waals surface area contributed by atoms with Gasteiger partial charge in [0.1, 0.15) is 5.75 Å². The van der Waals surface area contributed by atoms with Crippen molar-refractivity contribution in [1.82, 2.24) is 5.32 Å². The molecule has 3 nitrogen and oxygen atoms in total. The van der Waals surface area contributed by atoms with Crippen LogP contribution in [0.5, 0.6) is 5.75 Å². The molecule has 2 aliphatic rings. The summed E-state index contributed by atoms with van der Waals surface area (Å²) in [6, 6.07) is 6.16. The number of aromatic hydroxyl groups is 1. The van der Waals surface area contributed by atoms with E-state index in [1.54, 1.807) is 6.07 Å². The van der Waals surface area contributed by atoms with Gasteiger partial charge in [-0.1, -0.05) is 6.07 Å². The Balaban J connectivity index is 1.63. The molecule has 0 bridgehead atoms. The van der Waals surface area contributed by atoms with Crippen molar-refractivity contribution in [2.45, 2.75) is 37.8 Å². The number of ether oxygens (including phenoxy) is 1. The van der Waals surface area contributed by atoms with Crippen molar-refractivity contribution < 1.29 is 9.84 Å². The molecule has 0 aromatic heterocycles. The Kier molecular flexibility index (Phi) is 3.04. The molecule has 0 saturated carbocycles. The minimum atomic E-state index is 0.378. The predicted octanol–water partition coefficient (Wildman–Crippen LogP) is 2.15. The summed E-state index contributed by atoms with van der Waals surface area (Å²) in [5.74, 6) is 0.378. The van der Waals surface area contributed by atoms with E-state index < -0.39 is 0 Å². The molecule has 3 rings (SSSR count). The lowest BCUT2D eigenvalue weighted by molar-refractivity contribution is 0.107. The van der Waals surface area contributed by atoms with Crippen molar-refractivity contribution >= 4 is 0 Å². The van der Waals surface area contributed by atoms with Crippen molar-refractivity contribution in [3.8, 4) is 5.75 Å². The second kappa shape index (κ2) is 4.67. The summed E-state index contributed by atoms with van der Waals surface area (Å²) in [6.45, 7) is 1.87. The van der Waals surface area contributed by atoms with Crippen molar-refractivity contribution in [3.63, 3.8) is 0 Å². The Morgan fingerprint density at radius 3 is 3.12 bits per heavy atom. The van der Waals surface area contributed by atoms with Crippen LogP contribution in [0.2, 0.25) is 0 Å². The van der Waals surface area contributed by atoms with E-state index in [1.807, 2.05) is 12.1 Å². The van der Waals surface area contributed by atoms with Crippen molar-refractivity contribution in [1.29, 1.82) is 0 Å². The standard InChI is InChI=1S/C14H19NO2/c16-11-4-5-13-10(8-11)3-6-14(13)15-9-12-2-1-7-17-12/h4-5,8,12,14-16H,1-3,6-7,9H2. The third-order valence-corrected chi connectivity index (χ3v) is 3.82. The molecule has 2 N–H and O–H groups in total. The number of benzene rings is 1. The molecule has 0 spiro atoms. The summed E-state index contributed by atoms with van der Waals surface area (Å²) in [6.07, 6.45) is 4.97. The molecule has 3 heteroatoms. The van der Waals surface area contributed by atoms with Gasteiger partial charge in [0.25, 0.3) is 0 Å². The molecule has 1 aromatic carbocycles. The molecule has 1 aromatic rings. The average molecular weight is 233 g/mol. The number of hydrogen-bond acceptors (Lipinski definition) is 3. The molecule has 1 saturated heterocycles. The molecule has 1 fully saturated rings. The minimum absolute atomic E-state index is 0.378. The summed E-state index contributed by atoms with van der Waals surface area (Å²) < 4.78 is 5.62. The topological polar surface area (TPSA) is 41.5 Å². The fraction of sp³-hybridized carbons (Fsp3) is 0.571. The molecule has 92 valence electrons. The molecule has 1 aliphatic carbocycles. The Bertz CT molecular complexity index is 399. The van der Waals surface area contributed by atoms with Crippen molar-refractivity contribution in [3.05, 3.63) is 29.3 Å². The smallest absolute Gasteiger partial charge is 0.115 e. The first kappa shape index (κ1) is 11.1. The molecule has 0 amide bonds. The van der Waals surface area contributed by atoms with Crippen LogP contribution in [0.15, 0.2) is 18.2 Å². The van der Waals surface area contributed by atoms with E-state index >= 15 is 0 Å². The zero-order valence-corrected chi connectivity index (χ0v) is 9.98. The van der Waals surface area contributed by atoms with Crippen LogP contribution in [-0.4, -0.2) is 24.4 Å². The van der Waals surface area contributed by atoms with E-state index in [9.17, 15) is 5.11 Å². The van der Waals surface area contributed by atoms with Gasteiger partial charge in [-0.15, -0.1) is 0 Å². The SMILES string of the molecule is Oc1ccc2c(c1)CCC2NCC1CCCO1. The van der Waals surface area contributed by atoms with E-state index in [0.717, 1.165) is 26.0 Å². The molecular weight excluding hydrogens is 214 g/mol. The monoisotopic (exact) mass is 233 g/mol. The lowest BCUT2D eigenvalue weighted by atomic mass is 10.1. The lowest BCUT2D eigenvalue weighted by Crippen LogP contribution is -2.29. The summed E-state index contributed by atoms with van der Waals surface area (Å²) in [5, 5.41) is 13.0. The summed E-state index contributed by atoms with van der Waals surface area (Å²) in [5.41, 5.74) is 2.63. The number of fused-ring (bicyclic) bond motifs is 1. The lowest BCUT2D eigenvalue weighted by Gasteiger charge is -2.17. The second-order valence-corrected chi connectivity index (χ2v) is 5.02. The Morgan fingerprint density at radius 1 is 1.35 bits per heavy atom. The number of phenolic OH excluding ortho intramolecular Hbond substituents is 1. The van der Waals surface area contributed by atoms with Gasteiger partial charge in [0, 0.05) is 19.2 Å². The quantitative estimate of drug-likeness (QED) is 0.840. The van der Waals surface area contributed by atoms with Gasteiger partial charge < -0.3 is 15.2 Å². The van der Waals surface area contributed by atoms with Crippen LogP contribution in [0.3, 0.4) is 0 Å². The number of nitrogens with one attached hydrogen (secondary N) is 1. The van der Waals surface area contributed by atoms with Gasteiger partial charge in [0.05, 0.1) is 6.10 Å². The minimum Gasteiger partial charge on any atom is -0.508 e. The van der Waals surface area contributed by atoms with Crippen LogP contribution < -0.4 is 5.32 Å². The fourth-order valence-corrected chi connectivity index (χ4v) is 2.89. The van der Waals surface area contributed by atoms with Gasteiger partial charge in [-0.05, 0) is 48.9 Å². The van der Waals surface area contributed by atoms with Crippen molar-refractivity contribution in [2.24, 2.45) is 0 Å². The van der Waals surface area contributed by atoms with Crippen molar-refractivity contribution in [2.75, 3.05) is 13.2 Å². The summed E-state index contributed by atoms with van der Waals surface area (Å²) in [7, 11) is 0. The highest BCUT2D eigenvalue weighted by atomic mass is 16.5. The van der Waals surface area contributed by atoms with Gasteiger partial charge in [0.2, 0.25) is 0 Å². The van der Waals surface area contributed by atoms with E-state index in [1.165, 1.54) is 24.0 Å². The zero-order valence-electron chi connectivity index (χ0n) is 9.98. The van der Waals surface area contributed by atoms with Gasteiger partial charge >= 0.3 is 0 Å². The summed E-state index contributed by atoms with van der Waals surface area (Å²) >= 11 is 0. The number of aryl methyl sites for hydroxylation is 1. The van der Waals surface area contributed by atoms with Crippen LogP contribution in [0.1, 0.15) is 36.4 Å². The van der Waals surface area contributed by atoms with E-state index in [-0.39, 0.29) is 0 Å². The highest BCUT2D eigenvalue weighted by molar-refractivity contribution is 5.40. The van der Waals surface area contributed by atoms with Crippen LogP contribution in [0, 0.1) is 0 Å². The maximum atomic E-state index is 9.44. The van der Waals surface area contributed by atoms with Gasteiger partial charge in [0.15, 0.2) is 0 Å². The second-order valence-electron chi connectivity index (χ2n) is 5.02. The van der Waals surface area contributed by atoms with Crippen LogP contribution in [-0.2, 0) is 11.2 Å². The molecule has 0 radical (unpaired) electrons. The van der Waals surface area contributed by atoms with Crippen LogP contribution >= 0.6 is 0 Å². The Morgan fingerprint density at radius 2 is 2.29 bits per heavy atom. The molecule has 1 aliphatic heterocycles. The molecule has 17 heavy (non-hydrogen) atoms. The van der Waals surface area contributed by atoms with E-state index in [0.29, 0.717) is 17.9 Å². The fourth-order valence-electron chi connectivity index (χ4n) is 2.89. The first-order valence-corrected chi connectivity index (χ1v) is 6.50. The average Bonchev–Trinajstić information content (AvgIpc) is 2.94. The number of phenols is 1. The predicted molar refractivity (Wildman–Crippen MR) is 66.1 cm³/mol. The van der Waals surface area contributed by atoms with Gasteiger partial charge in [-0.25, -0.2) is 0 Å². The molecular formula is C14H19NO2. The number of hydrogen-bond donors (Lipinski definition) is 2. The zero-order chi connectivity index (χ0) is 11.7. The van der Waals surface area contributed by atoms with Crippen LogP contribution in [0.25, 0.3) is 0 Å². The van der Waals surface area contributed by atoms with E-state index in [4.69, 9.17) is 4.74 Å². The molecule has 2 atom stereocenters.